The molecule has 0 aromatic heterocycles. The maximum Gasteiger partial charge on any atom is 0.185 e. The van der Waals surface area contributed by atoms with Crippen molar-refractivity contribution >= 4 is 11.9 Å². The molecule has 0 fully saturated rings. The van der Waals surface area contributed by atoms with Crippen LogP contribution >= 0.6 is 0 Å². The molecule has 5 nitrogen and oxygen atoms in total. The second-order valence-corrected chi connectivity index (χ2v) is 6.53. The van der Waals surface area contributed by atoms with Gasteiger partial charge in [-0.25, -0.2) is 0 Å². The van der Waals surface area contributed by atoms with Crippen LogP contribution < -0.4 is 14.8 Å². The number of nitrogens with one attached hydrogen (secondary N) is 1. The third-order valence-electron chi connectivity index (χ3n) is 3.87. The van der Waals surface area contributed by atoms with E-state index in [1.807, 2.05) is 38.1 Å². The number of carbonyl (C=O) groups is 1. The minimum absolute atomic E-state index is 0.113. The number of hydrogen-bond acceptors (Lipinski definition) is 5. The summed E-state index contributed by atoms with van der Waals surface area (Å²) >= 11 is 0. The van der Waals surface area contributed by atoms with E-state index in [9.17, 15) is 9.90 Å². The molecule has 0 bridgehead atoms. The Morgan fingerprint density at radius 1 is 1.15 bits per heavy atom. The molecule has 0 amide bonds. The van der Waals surface area contributed by atoms with Gasteiger partial charge in [-0.15, -0.1) is 0 Å². The van der Waals surface area contributed by atoms with Crippen LogP contribution in [0.3, 0.4) is 0 Å². The Hall–Kier alpha value is -2.63. The van der Waals surface area contributed by atoms with Gasteiger partial charge in [-0.2, -0.15) is 0 Å². The Balaban J connectivity index is 1.92. The van der Waals surface area contributed by atoms with Crippen LogP contribution in [0.25, 0.3) is 6.08 Å². The SMILES string of the molecule is COc1ccc(/C=C/C(=O)c2cccc(OCC(O)CNC(C)C)c2)cc1. The van der Waals surface area contributed by atoms with E-state index >= 15 is 0 Å². The lowest BCUT2D eigenvalue weighted by Gasteiger charge is -2.15. The average molecular weight is 369 g/mol. The maximum atomic E-state index is 12.4. The Labute approximate surface area is 160 Å². The van der Waals surface area contributed by atoms with Crippen LogP contribution in [-0.4, -0.2) is 43.3 Å². The van der Waals surface area contributed by atoms with Crippen molar-refractivity contribution in [3.63, 3.8) is 0 Å². The third kappa shape index (κ3) is 7.25. The smallest absolute Gasteiger partial charge is 0.185 e. The zero-order chi connectivity index (χ0) is 19.6. The second kappa shape index (κ2) is 10.5. The molecule has 1 atom stereocenters. The molecule has 1 unspecified atom stereocenters. The van der Waals surface area contributed by atoms with Crippen molar-refractivity contribution in [3.8, 4) is 11.5 Å². The molecule has 5 heteroatoms. The van der Waals surface area contributed by atoms with Gasteiger partial charge in [0.1, 0.15) is 24.2 Å². The fourth-order valence-electron chi connectivity index (χ4n) is 2.35. The van der Waals surface area contributed by atoms with Gasteiger partial charge in [-0.3, -0.25) is 4.79 Å². The largest absolute Gasteiger partial charge is 0.497 e. The van der Waals surface area contributed by atoms with Gasteiger partial charge in [-0.1, -0.05) is 44.2 Å². The summed E-state index contributed by atoms with van der Waals surface area (Å²) in [7, 11) is 1.61. The van der Waals surface area contributed by atoms with Crippen LogP contribution in [0.4, 0.5) is 0 Å². The summed E-state index contributed by atoms with van der Waals surface area (Å²) in [6.45, 7) is 4.66. The normalized spacial score (nSPS) is 12.3. The zero-order valence-electron chi connectivity index (χ0n) is 16.0. The van der Waals surface area contributed by atoms with Crippen LogP contribution in [0, 0.1) is 0 Å². The van der Waals surface area contributed by atoms with Gasteiger partial charge in [-0.05, 0) is 35.9 Å². The van der Waals surface area contributed by atoms with Crippen molar-refractivity contribution in [3.05, 3.63) is 65.7 Å². The number of aliphatic hydroxyl groups excluding tert-OH is 1. The summed E-state index contributed by atoms with van der Waals surface area (Å²) in [5.41, 5.74) is 1.45. The van der Waals surface area contributed by atoms with Gasteiger partial charge in [0.05, 0.1) is 7.11 Å². The van der Waals surface area contributed by atoms with Gasteiger partial charge >= 0.3 is 0 Å². The average Bonchev–Trinajstić information content (AvgIpc) is 2.69. The quantitative estimate of drug-likeness (QED) is 0.497. The predicted octanol–water partition coefficient (Wildman–Crippen LogP) is 3.33. The maximum absolute atomic E-state index is 12.4. The first kappa shape index (κ1) is 20.7. The Kier molecular flexibility index (Phi) is 8.04. The van der Waals surface area contributed by atoms with E-state index in [-0.39, 0.29) is 12.4 Å². The first-order valence-electron chi connectivity index (χ1n) is 8.98. The summed E-state index contributed by atoms with van der Waals surface area (Å²) in [5.74, 6) is 1.22. The first-order chi connectivity index (χ1) is 13.0. The Morgan fingerprint density at radius 3 is 2.56 bits per heavy atom. The van der Waals surface area contributed by atoms with Crippen LogP contribution in [-0.2, 0) is 0 Å². The number of allylic oxidation sites excluding steroid dienone is 1. The number of hydrogen-bond donors (Lipinski definition) is 2. The molecule has 0 saturated heterocycles. The molecule has 0 radical (unpaired) electrons. The van der Waals surface area contributed by atoms with Crippen molar-refractivity contribution in [2.45, 2.75) is 26.0 Å². The standard InChI is InChI=1S/C22H27NO4/c1-16(2)23-14-19(24)15-27-21-6-4-5-18(13-21)22(25)12-9-17-7-10-20(26-3)11-8-17/h4-13,16,19,23-24H,14-15H2,1-3H3/b12-9+. The number of methoxy groups -OCH3 is 1. The highest BCUT2D eigenvalue weighted by molar-refractivity contribution is 6.07. The van der Waals surface area contributed by atoms with E-state index in [0.717, 1.165) is 11.3 Å². The fraction of sp³-hybridized carbons (Fsp3) is 0.318. The summed E-state index contributed by atoms with van der Waals surface area (Å²) in [5, 5.41) is 13.1. The third-order valence-corrected chi connectivity index (χ3v) is 3.87. The van der Waals surface area contributed by atoms with Gasteiger partial charge < -0.3 is 19.9 Å². The molecular weight excluding hydrogens is 342 g/mol. The molecule has 0 aliphatic rings. The monoisotopic (exact) mass is 369 g/mol. The van der Waals surface area contributed by atoms with Crippen molar-refractivity contribution in [2.24, 2.45) is 0 Å². The first-order valence-corrected chi connectivity index (χ1v) is 8.98. The topological polar surface area (TPSA) is 67.8 Å². The van der Waals surface area contributed by atoms with Gasteiger partial charge in [0.2, 0.25) is 0 Å². The van der Waals surface area contributed by atoms with E-state index in [4.69, 9.17) is 9.47 Å². The highest BCUT2D eigenvalue weighted by atomic mass is 16.5. The number of benzene rings is 2. The molecule has 144 valence electrons. The minimum atomic E-state index is -0.610. The number of ketones is 1. The van der Waals surface area contributed by atoms with Gasteiger partial charge in [0.25, 0.3) is 0 Å². The molecule has 2 rings (SSSR count). The minimum Gasteiger partial charge on any atom is -0.497 e. The van der Waals surface area contributed by atoms with E-state index in [1.54, 1.807) is 37.5 Å². The lowest BCUT2D eigenvalue weighted by Crippen LogP contribution is -2.35. The lowest BCUT2D eigenvalue weighted by atomic mass is 10.1. The van der Waals surface area contributed by atoms with Crippen molar-refractivity contribution < 1.29 is 19.4 Å². The highest BCUT2D eigenvalue weighted by Crippen LogP contribution is 2.16. The Bertz CT molecular complexity index is 753. The molecule has 0 spiro atoms. The van der Waals surface area contributed by atoms with Crippen LogP contribution in [0.1, 0.15) is 29.8 Å². The van der Waals surface area contributed by atoms with Crippen LogP contribution in [0.2, 0.25) is 0 Å². The summed E-state index contributed by atoms with van der Waals surface area (Å²) < 4.78 is 10.7. The zero-order valence-corrected chi connectivity index (χ0v) is 16.0. The molecule has 0 aliphatic heterocycles. The van der Waals surface area contributed by atoms with Gasteiger partial charge in [0.15, 0.2) is 5.78 Å². The fourth-order valence-corrected chi connectivity index (χ4v) is 2.35. The van der Waals surface area contributed by atoms with Gasteiger partial charge in [0, 0.05) is 18.2 Å². The van der Waals surface area contributed by atoms with Crippen molar-refractivity contribution in [1.82, 2.24) is 5.32 Å². The number of aliphatic hydroxyl groups is 1. The van der Waals surface area contributed by atoms with Crippen LogP contribution in [0.15, 0.2) is 54.6 Å². The number of carbonyl (C=O) groups excluding carboxylic acids is 1. The summed E-state index contributed by atoms with van der Waals surface area (Å²) in [6.07, 6.45) is 2.68. The van der Waals surface area contributed by atoms with E-state index in [0.29, 0.717) is 23.9 Å². The second-order valence-electron chi connectivity index (χ2n) is 6.53. The molecular formula is C22H27NO4. The lowest BCUT2D eigenvalue weighted by molar-refractivity contribution is 0.103. The molecule has 0 saturated carbocycles. The van der Waals surface area contributed by atoms with E-state index < -0.39 is 6.10 Å². The molecule has 0 heterocycles. The number of ether oxygens (including phenoxy) is 2. The van der Waals surface area contributed by atoms with Crippen molar-refractivity contribution in [2.75, 3.05) is 20.3 Å². The molecule has 2 N–H and O–H groups in total. The molecule has 27 heavy (non-hydrogen) atoms. The molecule has 2 aromatic rings. The van der Waals surface area contributed by atoms with E-state index in [1.165, 1.54) is 6.08 Å². The molecule has 0 aliphatic carbocycles. The summed E-state index contributed by atoms with van der Waals surface area (Å²) in [4.78, 5) is 12.4. The Morgan fingerprint density at radius 2 is 1.89 bits per heavy atom. The number of rotatable bonds is 10. The van der Waals surface area contributed by atoms with Crippen molar-refractivity contribution in [1.29, 1.82) is 0 Å². The van der Waals surface area contributed by atoms with E-state index in [2.05, 4.69) is 5.32 Å². The predicted molar refractivity (Wildman–Crippen MR) is 107 cm³/mol. The summed E-state index contributed by atoms with van der Waals surface area (Å²) in [6, 6.07) is 14.7. The molecule has 2 aromatic carbocycles. The van der Waals surface area contributed by atoms with Crippen LogP contribution in [0.5, 0.6) is 11.5 Å². The highest BCUT2D eigenvalue weighted by Gasteiger charge is 2.08.